The number of carbonyl (C=O) groups excluding carboxylic acids is 2. The van der Waals surface area contributed by atoms with E-state index < -0.39 is 0 Å². The predicted octanol–water partition coefficient (Wildman–Crippen LogP) is 3.40. The molecule has 0 unspecified atom stereocenters. The zero-order valence-corrected chi connectivity index (χ0v) is 14.4. The maximum Gasteiger partial charge on any atom is 0.222 e. The Labute approximate surface area is 147 Å². The fraction of sp³-hybridized carbons (Fsp3) is 0.263. The lowest BCUT2D eigenvalue weighted by molar-refractivity contribution is -0.130. The fourth-order valence-corrected chi connectivity index (χ4v) is 2.51. The van der Waals surface area contributed by atoms with Gasteiger partial charge in [-0.2, -0.15) is 0 Å². The van der Waals surface area contributed by atoms with Crippen molar-refractivity contribution in [2.24, 2.45) is 0 Å². The highest BCUT2D eigenvalue weighted by Crippen LogP contribution is 2.14. The summed E-state index contributed by atoms with van der Waals surface area (Å²) in [6, 6.07) is 17.1. The lowest BCUT2D eigenvalue weighted by Crippen LogP contribution is -2.33. The minimum absolute atomic E-state index is 0.0437. The van der Waals surface area contributed by atoms with Crippen LogP contribution in [0.25, 0.3) is 0 Å². The summed E-state index contributed by atoms with van der Waals surface area (Å²) < 4.78 is 0. The predicted molar refractivity (Wildman–Crippen MR) is 95.4 cm³/mol. The molecule has 2 aromatic carbocycles. The third-order valence-electron chi connectivity index (χ3n) is 3.70. The van der Waals surface area contributed by atoms with Gasteiger partial charge < -0.3 is 10.2 Å². The number of halogens is 1. The molecule has 0 saturated heterocycles. The van der Waals surface area contributed by atoms with Gasteiger partial charge in [-0.15, -0.1) is 0 Å². The molecule has 5 heteroatoms. The van der Waals surface area contributed by atoms with Crippen LogP contribution >= 0.6 is 11.6 Å². The van der Waals surface area contributed by atoms with Gasteiger partial charge in [-0.3, -0.25) is 9.59 Å². The Morgan fingerprint density at radius 2 is 1.71 bits per heavy atom. The van der Waals surface area contributed by atoms with E-state index in [2.05, 4.69) is 5.32 Å². The normalized spacial score (nSPS) is 10.2. The van der Waals surface area contributed by atoms with E-state index in [-0.39, 0.29) is 18.2 Å². The molecule has 0 aliphatic rings. The molecule has 0 aliphatic carbocycles. The SMILES string of the molecule is CC(=O)N(CCC(=O)NCc1ccccc1Cl)Cc1ccccc1. The van der Waals surface area contributed by atoms with Crippen molar-refractivity contribution in [3.63, 3.8) is 0 Å². The van der Waals surface area contributed by atoms with Gasteiger partial charge in [-0.25, -0.2) is 0 Å². The van der Waals surface area contributed by atoms with Crippen molar-refractivity contribution in [3.8, 4) is 0 Å². The summed E-state index contributed by atoms with van der Waals surface area (Å²) in [6.45, 7) is 2.80. The van der Waals surface area contributed by atoms with Crippen LogP contribution in [0, 0.1) is 0 Å². The first-order chi connectivity index (χ1) is 11.6. The summed E-state index contributed by atoms with van der Waals surface area (Å²) in [5.74, 6) is -0.146. The molecule has 2 aromatic rings. The summed E-state index contributed by atoms with van der Waals surface area (Å²) in [7, 11) is 0. The van der Waals surface area contributed by atoms with Gasteiger partial charge in [0.2, 0.25) is 11.8 Å². The molecule has 0 radical (unpaired) electrons. The Bertz CT molecular complexity index is 689. The maximum atomic E-state index is 12.0. The van der Waals surface area contributed by atoms with Gasteiger partial charge in [0.1, 0.15) is 0 Å². The number of hydrogen-bond donors (Lipinski definition) is 1. The molecule has 0 bridgehead atoms. The number of carbonyl (C=O) groups is 2. The van der Waals surface area contributed by atoms with Gasteiger partial charge in [0.05, 0.1) is 0 Å². The minimum Gasteiger partial charge on any atom is -0.352 e. The Kier molecular flexibility index (Phi) is 6.82. The molecule has 0 heterocycles. The van der Waals surface area contributed by atoms with Crippen molar-refractivity contribution in [2.75, 3.05) is 6.54 Å². The van der Waals surface area contributed by atoms with Crippen molar-refractivity contribution >= 4 is 23.4 Å². The van der Waals surface area contributed by atoms with Crippen molar-refractivity contribution in [1.29, 1.82) is 0 Å². The first-order valence-corrected chi connectivity index (χ1v) is 8.23. The van der Waals surface area contributed by atoms with E-state index in [0.717, 1.165) is 11.1 Å². The number of amides is 2. The Hall–Kier alpha value is -2.33. The Balaban J connectivity index is 1.82. The Morgan fingerprint density at radius 3 is 2.38 bits per heavy atom. The van der Waals surface area contributed by atoms with Gasteiger partial charge in [-0.1, -0.05) is 60.1 Å². The molecule has 0 fully saturated rings. The monoisotopic (exact) mass is 344 g/mol. The van der Waals surface area contributed by atoms with E-state index in [1.54, 1.807) is 11.0 Å². The van der Waals surface area contributed by atoms with Gasteiger partial charge in [0.15, 0.2) is 0 Å². The third kappa shape index (κ3) is 5.70. The summed E-state index contributed by atoms with van der Waals surface area (Å²) in [5, 5.41) is 3.47. The summed E-state index contributed by atoms with van der Waals surface area (Å²) in [4.78, 5) is 25.4. The third-order valence-corrected chi connectivity index (χ3v) is 4.07. The molecular weight excluding hydrogens is 324 g/mol. The lowest BCUT2D eigenvalue weighted by Gasteiger charge is -2.21. The van der Waals surface area contributed by atoms with Crippen LogP contribution in [0.15, 0.2) is 54.6 Å². The highest BCUT2D eigenvalue weighted by Gasteiger charge is 2.12. The van der Waals surface area contributed by atoms with Crippen molar-refractivity contribution in [3.05, 3.63) is 70.7 Å². The zero-order valence-electron chi connectivity index (χ0n) is 13.7. The second-order valence-corrected chi connectivity index (χ2v) is 5.95. The van der Waals surface area contributed by atoms with Crippen LogP contribution < -0.4 is 5.32 Å². The van der Waals surface area contributed by atoms with Gasteiger partial charge in [-0.05, 0) is 17.2 Å². The second kappa shape index (κ2) is 9.08. The van der Waals surface area contributed by atoms with E-state index in [1.165, 1.54) is 6.92 Å². The lowest BCUT2D eigenvalue weighted by atomic mass is 10.2. The van der Waals surface area contributed by atoms with E-state index >= 15 is 0 Å². The molecule has 0 atom stereocenters. The molecular formula is C19H21ClN2O2. The molecule has 0 saturated carbocycles. The average molecular weight is 345 g/mol. The number of rotatable bonds is 7. The molecule has 0 spiro atoms. The quantitative estimate of drug-likeness (QED) is 0.837. The largest absolute Gasteiger partial charge is 0.352 e. The maximum absolute atomic E-state index is 12.0. The number of nitrogens with zero attached hydrogens (tertiary/aromatic N) is 1. The summed E-state index contributed by atoms with van der Waals surface area (Å²) in [6.07, 6.45) is 0.261. The highest BCUT2D eigenvalue weighted by molar-refractivity contribution is 6.31. The average Bonchev–Trinajstić information content (AvgIpc) is 2.58. The van der Waals surface area contributed by atoms with E-state index in [0.29, 0.717) is 24.7 Å². The molecule has 0 aliphatic heterocycles. The number of benzene rings is 2. The smallest absolute Gasteiger partial charge is 0.222 e. The van der Waals surface area contributed by atoms with Crippen molar-refractivity contribution in [2.45, 2.75) is 26.4 Å². The summed E-state index contributed by atoms with van der Waals surface area (Å²) in [5.41, 5.74) is 1.92. The van der Waals surface area contributed by atoms with Crippen LogP contribution in [0.2, 0.25) is 5.02 Å². The van der Waals surface area contributed by atoms with Gasteiger partial charge in [0, 0.05) is 38.0 Å². The van der Waals surface area contributed by atoms with Gasteiger partial charge >= 0.3 is 0 Å². The van der Waals surface area contributed by atoms with E-state index in [4.69, 9.17) is 11.6 Å². The highest BCUT2D eigenvalue weighted by atomic mass is 35.5. The van der Waals surface area contributed by atoms with Crippen molar-refractivity contribution < 1.29 is 9.59 Å². The van der Waals surface area contributed by atoms with Crippen LogP contribution in [0.3, 0.4) is 0 Å². The molecule has 24 heavy (non-hydrogen) atoms. The molecule has 2 amide bonds. The standard InChI is InChI=1S/C19H21ClN2O2/c1-15(23)22(14-16-7-3-2-4-8-16)12-11-19(24)21-13-17-9-5-6-10-18(17)20/h2-10H,11-14H2,1H3,(H,21,24). The fourth-order valence-electron chi connectivity index (χ4n) is 2.31. The minimum atomic E-state index is -0.103. The number of nitrogens with one attached hydrogen (secondary N) is 1. The van der Waals surface area contributed by atoms with Crippen molar-refractivity contribution in [1.82, 2.24) is 10.2 Å². The van der Waals surface area contributed by atoms with E-state index in [1.807, 2.05) is 48.5 Å². The second-order valence-electron chi connectivity index (χ2n) is 5.54. The molecule has 4 nitrogen and oxygen atoms in total. The van der Waals surface area contributed by atoms with Crippen LogP contribution in [0.5, 0.6) is 0 Å². The molecule has 0 aromatic heterocycles. The summed E-state index contributed by atoms with van der Waals surface area (Å²) >= 11 is 6.06. The first kappa shape index (κ1) is 18.0. The van der Waals surface area contributed by atoms with Crippen LogP contribution in [-0.2, 0) is 22.7 Å². The molecule has 126 valence electrons. The van der Waals surface area contributed by atoms with Gasteiger partial charge in [0.25, 0.3) is 0 Å². The van der Waals surface area contributed by atoms with Crippen LogP contribution in [-0.4, -0.2) is 23.3 Å². The first-order valence-electron chi connectivity index (χ1n) is 7.86. The Morgan fingerprint density at radius 1 is 1.04 bits per heavy atom. The molecule has 1 N–H and O–H groups in total. The van der Waals surface area contributed by atoms with E-state index in [9.17, 15) is 9.59 Å². The zero-order chi connectivity index (χ0) is 17.4. The van der Waals surface area contributed by atoms with Crippen LogP contribution in [0.4, 0.5) is 0 Å². The topological polar surface area (TPSA) is 49.4 Å². The molecule has 2 rings (SSSR count). The van der Waals surface area contributed by atoms with Crippen LogP contribution in [0.1, 0.15) is 24.5 Å². The number of hydrogen-bond acceptors (Lipinski definition) is 2.